The van der Waals surface area contributed by atoms with Crippen LogP contribution in [0.1, 0.15) is 43.7 Å². The van der Waals surface area contributed by atoms with E-state index in [0.29, 0.717) is 30.7 Å². The summed E-state index contributed by atoms with van der Waals surface area (Å²) in [6.45, 7) is 6.72. The molecule has 10 nitrogen and oxygen atoms in total. The molecule has 286 valence electrons. The van der Waals surface area contributed by atoms with Gasteiger partial charge >= 0.3 is 12.2 Å². The molecule has 0 aliphatic carbocycles. The predicted molar refractivity (Wildman–Crippen MR) is 192 cm³/mol. The summed E-state index contributed by atoms with van der Waals surface area (Å²) in [4.78, 5) is 27.1. The number of halogens is 6. The molecule has 1 amide bonds. The monoisotopic (exact) mass is 773 g/mol. The lowest BCUT2D eigenvalue weighted by atomic mass is 9.92. The molecular formula is C37H37F6N7O3S. The fraction of sp³-hybridized carbons (Fsp3) is 0.459. The SMILES string of the molecule is C=CC(=O)N1CC[C@@H](N(CC)c2nc(OC[C@@]34CCCN3C[C@H](F)C4)nc3c(F)c(-c4ccc(F)c5sc(N)c(C#N)c45)c(C(F)(F)F)cc23)[C@H]1COC. The number of carbonyl (C=O) groups is 1. The topological polar surface area (TPSA) is 121 Å². The number of carbonyl (C=O) groups excluding carboxylic acids is 1. The Hall–Kier alpha value is -4.66. The second kappa shape index (κ2) is 14.2. The van der Waals surface area contributed by atoms with E-state index in [1.165, 1.54) is 13.2 Å². The molecular weight excluding hydrogens is 737 g/mol. The first-order chi connectivity index (χ1) is 25.8. The molecule has 3 saturated heterocycles. The molecule has 5 heterocycles. The average Bonchev–Trinajstić information content (AvgIpc) is 3.89. The zero-order chi connectivity index (χ0) is 38.7. The third-order valence-corrected chi connectivity index (χ3v) is 12.0. The minimum atomic E-state index is -5.15. The zero-order valence-electron chi connectivity index (χ0n) is 29.5. The van der Waals surface area contributed by atoms with Gasteiger partial charge in [-0.15, -0.1) is 11.3 Å². The molecule has 4 aromatic rings. The maximum Gasteiger partial charge on any atom is 0.417 e. The van der Waals surface area contributed by atoms with Gasteiger partial charge in [-0.3, -0.25) is 9.69 Å². The zero-order valence-corrected chi connectivity index (χ0v) is 30.3. The highest BCUT2D eigenvalue weighted by molar-refractivity contribution is 7.23. The van der Waals surface area contributed by atoms with Crippen LogP contribution in [0, 0.1) is 23.0 Å². The van der Waals surface area contributed by atoms with Crippen molar-refractivity contribution in [3.63, 3.8) is 0 Å². The molecule has 54 heavy (non-hydrogen) atoms. The Morgan fingerprint density at radius 1 is 1.28 bits per heavy atom. The van der Waals surface area contributed by atoms with Crippen LogP contribution >= 0.6 is 11.3 Å². The van der Waals surface area contributed by atoms with Crippen LogP contribution in [0.2, 0.25) is 0 Å². The van der Waals surface area contributed by atoms with Crippen LogP contribution in [-0.4, -0.2) is 96.0 Å². The lowest BCUT2D eigenvalue weighted by Crippen LogP contribution is -2.49. The number of hydrogen-bond donors (Lipinski definition) is 1. The highest BCUT2D eigenvalue weighted by atomic mass is 32.1. The third kappa shape index (κ3) is 6.17. The first-order valence-corrected chi connectivity index (χ1v) is 18.3. The number of alkyl halides is 4. The van der Waals surface area contributed by atoms with Crippen LogP contribution in [0.25, 0.3) is 32.1 Å². The minimum absolute atomic E-state index is 0.0464. The van der Waals surface area contributed by atoms with Crippen molar-refractivity contribution in [2.75, 3.05) is 57.1 Å². The molecule has 7 rings (SSSR count). The van der Waals surface area contributed by atoms with Crippen molar-refractivity contribution in [1.82, 2.24) is 19.8 Å². The molecule has 2 N–H and O–H groups in total. The number of likely N-dealkylation sites (N-methyl/N-ethyl adjacent to an activating group) is 1. The number of nitrogen functional groups attached to an aromatic ring is 1. The summed E-state index contributed by atoms with van der Waals surface area (Å²) in [5.41, 5.74) is 1.77. The molecule has 0 spiro atoms. The molecule has 3 fully saturated rings. The van der Waals surface area contributed by atoms with E-state index in [4.69, 9.17) is 15.2 Å². The van der Waals surface area contributed by atoms with Crippen molar-refractivity contribution >= 4 is 49.1 Å². The maximum atomic E-state index is 17.3. The van der Waals surface area contributed by atoms with Crippen molar-refractivity contribution in [3.8, 4) is 23.2 Å². The Labute approximate surface area is 310 Å². The Bertz CT molecular complexity index is 2190. The van der Waals surface area contributed by atoms with Gasteiger partial charge in [0.25, 0.3) is 0 Å². The Kier molecular flexibility index (Phi) is 9.90. The summed E-state index contributed by atoms with van der Waals surface area (Å²) in [6.07, 6.45) is -3.02. The second-order valence-corrected chi connectivity index (χ2v) is 14.9. The van der Waals surface area contributed by atoms with E-state index in [0.717, 1.165) is 24.6 Å². The molecule has 0 radical (unpaired) electrons. The number of anilines is 2. The summed E-state index contributed by atoms with van der Waals surface area (Å²) in [5.74, 6) is -2.68. The van der Waals surface area contributed by atoms with Crippen molar-refractivity contribution in [3.05, 3.63) is 53.6 Å². The first kappa shape index (κ1) is 37.6. The number of ether oxygens (including phenoxy) is 2. The standard InChI is InChI=1S/C37H37F6N7O3S/c1-4-27(51)50-12-9-25(26(50)17-52-3)49(5-2)34-21-13-23(37(41,42)43)29(20-7-8-24(39)32-28(20)22(15-44)33(45)54-32)30(40)31(21)46-35(47-34)53-18-36-10-6-11-48(36)16-19(38)14-36/h4,7-8,13,19,25-26H,1,5-6,9-12,14,16-18,45H2,2-3H3/t19-,25-,26-,36+/m1/s1. The van der Waals surface area contributed by atoms with Crippen LogP contribution in [0.4, 0.5) is 37.2 Å². The Morgan fingerprint density at radius 2 is 2.06 bits per heavy atom. The van der Waals surface area contributed by atoms with Gasteiger partial charge in [0.1, 0.15) is 41.0 Å². The average molecular weight is 774 g/mol. The molecule has 2 aromatic heterocycles. The van der Waals surface area contributed by atoms with E-state index < -0.39 is 63.8 Å². The Morgan fingerprint density at radius 3 is 2.74 bits per heavy atom. The summed E-state index contributed by atoms with van der Waals surface area (Å²) in [6, 6.07) is 3.00. The number of methoxy groups -OCH3 is 1. The van der Waals surface area contributed by atoms with E-state index in [9.17, 15) is 14.4 Å². The molecule has 3 aliphatic rings. The number of thiophene rings is 1. The smallest absolute Gasteiger partial charge is 0.417 e. The molecule has 0 unspecified atom stereocenters. The van der Waals surface area contributed by atoms with Crippen LogP contribution in [0.15, 0.2) is 30.9 Å². The number of nitriles is 1. The lowest BCUT2D eigenvalue weighted by Gasteiger charge is -2.36. The van der Waals surface area contributed by atoms with Crippen molar-refractivity contribution in [2.24, 2.45) is 0 Å². The van der Waals surface area contributed by atoms with Gasteiger partial charge in [0, 0.05) is 49.5 Å². The molecule has 2 aromatic carbocycles. The highest BCUT2D eigenvalue weighted by Crippen LogP contribution is 2.48. The number of nitrogens with two attached hydrogens (primary N) is 1. The fourth-order valence-electron chi connectivity index (χ4n) is 8.62. The number of amides is 1. The quantitative estimate of drug-likeness (QED) is 0.136. The summed E-state index contributed by atoms with van der Waals surface area (Å²) >= 11 is 0.670. The number of hydrogen-bond acceptors (Lipinski definition) is 10. The normalized spacial score (nSPS) is 22.9. The van der Waals surface area contributed by atoms with E-state index in [-0.39, 0.29) is 83.0 Å². The second-order valence-electron chi connectivity index (χ2n) is 13.9. The number of likely N-dealkylation sites (tertiary alicyclic amines) is 1. The minimum Gasteiger partial charge on any atom is -0.461 e. The van der Waals surface area contributed by atoms with Gasteiger partial charge in [0.05, 0.1) is 40.1 Å². The van der Waals surface area contributed by atoms with Crippen molar-refractivity contribution in [2.45, 2.75) is 62.6 Å². The van der Waals surface area contributed by atoms with E-state index in [1.807, 2.05) is 11.0 Å². The van der Waals surface area contributed by atoms with Gasteiger partial charge in [0.2, 0.25) is 5.91 Å². The van der Waals surface area contributed by atoms with Crippen LogP contribution < -0.4 is 15.4 Å². The predicted octanol–water partition coefficient (Wildman–Crippen LogP) is 6.85. The molecule has 0 bridgehead atoms. The van der Waals surface area contributed by atoms with Crippen molar-refractivity contribution < 1.29 is 40.6 Å². The molecule has 3 aliphatic heterocycles. The van der Waals surface area contributed by atoms with E-state index >= 15 is 22.0 Å². The third-order valence-electron chi connectivity index (χ3n) is 10.9. The highest BCUT2D eigenvalue weighted by Gasteiger charge is 2.50. The van der Waals surface area contributed by atoms with E-state index in [1.54, 1.807) is 16.7 Å². The van der Waals surface area contributed by atoms with Gasteiger partial charge in [-0.25, -0.2) is 13.2 Å². The van der Waals surface area contributed by atoms with Gasteiger partial charge in [-0.2, -0.15) is 28.4 Å². The number of nitrogens with zero attached hydrogens (tertiary/aromatic N) is 6. The maximum absolute atomic E-state index is 17.3. The number of fused-ring (bicyclic) bond motifs is 3. The number of benzene rings is 2. The summed E-state index contributed by atoms with van der Waals surface area (Å²) < 4.78 is 104. The fourth-order valence-corrected chi connectivity index (χ4v) is 9.57. The van der Waals surface area contributed by atoms with Crippen LogP contribution in [-0.2, 0) is 15.7 Å². The largest absolute Gasteiger partial charge is 0.461 e. The molecule has 0 saturated carbocycles. The number of aromatic nitrogens is 2. The molecule has 4 atom stereocenters. The Balaban J connectivity index is 1.47. The van der Waals surface area contributed by atoms with Gasteiger partial charge in [-0.05, 0) is 56.5 Å². The number of rotatable bonds is 10. The summed E-state index contributed by atoms with van der Waals surface area (Å²) in [7, 11) is 1.46. The summed E-state index contributed by atoms with van der Waals surface area (Å²) in [5, 5.41) is 9.20. The van der Waals surface area contributed by atoms with Crippen molar-refractivity contribution in [1.29, 1.82) is 5.26 Å². The molecule has 17 heteroatoms. The van der Waals surface area contributed by atoms with Gasteiger partial charge < -0.3 is 25.0 Å². The van der Waals surface area contributed by atoms with E-state index in [2.05, 4.69) is 16.5 Å². The lowest BCUT2D eigenvalue weighted by molar-refractivity contribution is -0.137. The van der Waals surface area contributed by atoms with Crippen LogP contribution in [0.5, 0.6) is 6.01 Å². The van der Waals surface area contributed by atoms with Crippen LogP contribution in [0.3, 0.4) is 0 Å². The first-order valence-electron chi connectivity index (χ1n) is 17.5. The van der Waals surface area contributed by atoms with Gasteiger partial charge in [-0.1, -0.05) is 12.6 Å². The van der Waals surface area contributed by atoms with Gasteiger partial charge in [0.15, 0.2) is 5.82 Å².